The van der Waals surface area contributed by atoms with Crippen molar-refractivity contribution in [3.63, 3.8) is 0 Å². The van der Waals surface area contributed by atoms with Gasteiger partial charge in [-0.1, -0.05) is 11.6 Å². The Morgan fingerprint density at radius 3 is 3.07 bits per heavy atom. The molecule has 0 aliphatic rings. The zero-order chi connectivity index (χ0) is 10.6. The Morgan fingerprint density at radius 2 is 2.57 bits per heavy atom. The second-order valence-electron chi connectivity index (χ2n) is 2.62. The number of aromatic nitrogens is 1. The van der Waals surface area contributed by atoms with Gasteiger partial charge in [-0.2, -0.15) is 0 Å². The van der Waals surface area contributed by atoms with Gasteiger partial charge in [0, 0.05) is 0 Å². The van der Waals surface area contributed by atoms with Gasteiger partial charge in [0.2, 0.25) is 0 Å². The first kappa shape index (κ1) is 11.4. The van der Waals surface area contributed by atoms with Gasteiger partial charge in [0.15, 0.2) is 0 Å². The SMILES string of the molecule is CCOC(=O)CC(N)c1ncc(Cl)s1. The molecule has 0 aromatic carbocycles. The summed E-state index contributed by atoms with van der Waals surface area (Å²) in [5.41, 5.74) is 5.73. The van der Waals surface area contributed by atoms with Crippen LogP contribution in [0.15, 0.2) is 6.20 Å². The van der Waals surface area contributed by atoms with Crippen LogP contribution in [0.2, 0.25) is 4.34 Å². The summed E-state index contributed by atoms with van der Waals surface area (Å²) in [5.74, 6) is -0.314. The van der Waals surface area contributed by atoms with Crippen molar-refractivity contribution in [3.05, 3.63) is 15.5 Å². The fraction of sp³-hybridized carbons (Fsp3) is 0.500. The predicted molar refractivity (Wildman–Crippen MR) is 55.3 cm³/mol. The molecule has 14 heavy (non-hydrogen) atoms. The zero-order valence-electron chi connectivity index (χ0n) is 7.70. The molecule has 0 fully saturated rings. The van der Waals surface area contributed by atoms with E-state index in [1.807, 2.05) is 0 Å². The third-order valence-electron chi connectivity index (χ3n) is 1.50. The minimum atomic E-state index is -0.424. The van der Waals surface area contributed by atoms with E-state index in [9.17, 15) is 4.79 Å². The molecule has 0 bridgehead atoms. The lowest BCUT2D eigenvalue weighted by molar-refractivity contribution is -0.143. The van der Waals surface area contributed by atoms with Gasteiger partial charge in [0.1, 0.15) is 9.34 Å². The predicted octanol–water partition coefficient (Wildman–Crippen LogP) is 1.75. The minimum Gasteiger partial charge on any atom is -0.466 e. The molecule has 1 aromatic rings. The second-order valence-corrected chi connectivity index (χ2v) is 4.31. The number of hydrogen-bond acceptors (Lipinski definition) is 5. The molecular formula is C8H11ClN2O2S. The lowest BCUT2D eigenvalue weighted by Gasteiger charge is -2.06. The maximum atomic E-state index is 11.1. The van der Waals surface area contributed by atoms with Gasteiger partial charge < -0.3 is 10.5 Å². The molecule has 1 atom stereocenters. The first-order valence-corrected chi connectivity index (χ1v) is 5.35. The Hall–Kier alpha value is -0.650. The maximum absolute atomic E-state index is 11.1. The Balaban J connectivity index is 2.50. The smallest absolute Gasteiger partial charge is 0.307 e. The summed E-state index contributed by atoms with van der Waals surface area (Å²) in [4.78, 5) is 15.1. The van der Waals surface area contributed by atoms with Gasteiger partial charge in [-0.25, -0.2) is 4.98 Å². The maximum Gasteiger partial charge on any atom is 0.307 e. The molecule has 2 N–H and O–H groups in total. The molecule has 6 heteroatoms. The molecule has 0 aliphatic heterocycles. The third kappa shape index (κ3) is 3.25. The van der Waals surface area contributed by atoms with Crippen LogP contribution in [0.5, 0.6) is 0 Å². The van der Waals surface area contributed by atoms with E-state index >= 15 is 0 Å². The average molecular weight is 235 g/mol. The highest BCUT2D eigenvalue weighted by atomic mass is 35.5. The number of esters is 1. The van der Waals surface area contributed by atoms with E-state index in [-0.39, 0.29) is 12.4 Å². The van der Waals surface area contributed by atoms with Crippen molar-refractivity contribution in [3.8, 4) is 0 Å². The van der Waals surface area contributed by atoms with Crippen LogP contribution >= 0.6 is 22.9 Å². The van der Waals surface area contributed by atoms with Gasteiger partial charge in [-0.15, -0.1) is 11.3 Å². The van der Waals surface area contributed by atoms with E-state index in [4.69, 9.17) is 22.1 Å². The van der Waals surface area contributed by atoms with Crippen LogP contribution in [0, 0.1) is 0 Å². The lowest BCUT2D eigenvalue weighted by Crippen LogP contribution is -2.16. The summed E-state index contributed by atoms with van der Waals surface area (Å²) >= 11 is 6.96. The topological polar surface area (TPSA) is 65.2 Å². The molecule has 4 nitrogen and oxygen atoms in total. The molecule has 0 saturated carbocycles. The van der Waals surface area contributed by atoms with Crippen LogP contribution in [0.3, 0.4) is 0 Å². The standard InChI is InChI=1S/C8H11ClN2O2S/c1-2-13-7(12)3-5(10)8-11-4-6(9)14-8/h4-5H,2-3,10H2,1H3. The first-order chi connectivity index (χ1) is 6.63. The van der Waals surface area contributed by atoms with Crippen molar-refractivity contribution in [1.29, 1.82) is 0 Å². The fourth-order valence-corrected chi connectivity index (χ4v) is 1.86. The number of nitrogens with zero attached hydrogens (tertiary/aromatic N) is 1. The van der Waals surface area contributed by atoms with E-state index in [2.05, 4.69) is 4.98 Å². The van der Waals surface area contributed by atoms with Crippen molar-refractivity contribution in [1.82, 2.24) is 4.98 Å². The molecule has 0 spiro atoms. The minimum absolute atomic E-state index is 0.137. The Labute approximate surface area is 91.0 Å². The average Bonchev–Trinajstić information content (AvgIpc) is 2.52. The highest BCUT2D eigenvalue weighted by molar-refractivity contribution is 7.15. The molecule has 1 rings (SSSR count). The number of rotatable bonds is 4. The number of carbonyl (C=O) groups excluding carboxylic acids is 1. The summed E-state index contributed by atoms with van der Waals surface area (Å²) in [6.07, 6.45) is 1.66. The summed E-state index contributed by atoms with van der Waals surface area (Å²) in [7, 11) is 0. The van der Waals surface area contributed by atoms with Crippen molar-refractivity contribution in [2.24, 2.45) is 5.73 Å². The molecule has 0 radical (unpaired) electrons. The van der Waals surface area contributed by atoms with E-state index in [0.717, 1.165) is 0 Å². The van der Waals surface area contributed by atoms with Crippen LogP contribution < -0.4 is 5.73 Å². The van der Waals surface area contributed by atoms with E-state index in [1.165, 1.54) is 17.5 Å². The van der Waals surface area contributed by atoms with Crippen molar-refractivity contribution >= 4 is 28.9 Å². The summed E-state index contributed by atoms with van der Waals surface area (Å²) in [6, 6.07) is -0.424. The van der Waals surface area contributed by atoms with Crippen molar-refractivity contribution in [2.75, 3.05) is 6.61 Å². The quantitative estimate of drug-likeness (QED) is 0.807. The Bertz CT molecular complexity index is 316. The molecule has 78 valence electrons. The number of nitrogens with two attached hydrogens (primary N) is 1. The van der Waals surface area contributed by atoms with Crippen LogP contribution in [0.1, 0.15) is 24.4 Å². The van der Waals surface area contributed by atoms with Crippen molar-refractivity contribution in [2.45, 2.75) is 19.4 Å². The van der Waals surface area contributed by atoms with Crippen molar-refractivity contribution < 1.29 is 9.53 Å². The fourth-order valence-electron chi connectivity index (χ4n) is 0.925. The number of hydrogen-bond donors (Lipinski definition) is 1. The van der Waals surface area contributed by atoms with Crippen LogP contribution in [-0.2, 0) is 9.53 Å². The van der Waals surface area contributed by atoms with Crippen LogP contribution in [0.25, 0.3) is 0 Å². The monoisotopic (exact) mass is 234 g/mol. The number of halogens is 1. The number of thiazole rings is 1. The molecule has 0 saturated heterocycles. The van der Waals surface area contributed by atoms with Gasteiger partial charge in [-0.05, 0) is 6.92 Å². The highest BCUT2D eigenvalue weighted by Gasteiger charge is 2.15. The first-order valence-electron chi connectivity index (χ1n) is 4.16. The van der Waals surface area contributed by atoms with Gasteiger partial charge in [0.05, 0.1) is 25.3 Å². The molecule has 0 aliphatic carbocycles. The molecular weight excluding hydrogens is 224 g/mol. The molecule has 1 aromatic heterocycles. The van der Waals surface area contributed by atoms with Gasteiger partial charge in [-0.3, -0.25) is 4.79 Å². The molecule has 0 amide bonds. The van der Waals surface area contributed by atoms with E-state index in [0.29, 0.717) is 16.0 Å². The zero-order valence-corrected chi connectivity index (χ0v) is 9.27. The highest BCUT2D eigenvalue weighted by Crippen LogP contribution is 2.24. The van der Waals surface area contributed by atoms with E-state index in [1.54, 1.807) is 6.92 Å². The Kier molecular flexibility index (Phi) is 4.31. The second kappa shape index (κ2) is 5.29. The summed E-state index contributed by atoms with van der Waals surface area (Å²) < 4.78 is 5.33. The third-order valence-corrected chi connectivity index (χ3v) is 2.75. The normalized spacial score (nSPS) is 12.5. The van der Waals surface area contributed by atoms with Gasteiger partial charge >= 0.3 is 5.97 Å². The molecule has 1 heterocycles. The number of ether oxygens (including phenoxy) is 1. The van der Waals surface area contributed by atoms with Gasteiger partial charge in [0.25, 0.3) is 0 Å². The van der Waals surface area contributed by atoms with Crippen LogP contribution in [-0.4, -0.2) is 17.6 Å². The van der Waals surface area contributed by atoms with E-state index < -0.39 is 6.04 Å². The number of carbonyl (C=O) groups is 1. The summed E-state index contributed by atoms with van der Waals surface area (Å²) in [6.45, 7) is 2.12. The summed E-state index contributed by atoms with van der Waals surface area (Å²) in [5, 5.41) is 0.656. The largest absolute Gasteiger partial charge is 0.466 e. The Morgan fingerprint density at radius 1 is 1.86 bits per heavy atom. The lowest BCUT2D eigenvalue weighted by atomic mass is 10.2. The molecule has 1 unspecified atom stereocenters. The van der Waals surface area contributed by atoms with Crippen LogP contribution in [0.4, 0.5) is 0 Å².